The largest absolute Gasteiger partial charge is 0.488 e. The molecule has 0 saturated heterocycles. The van der Waals surface area contributed by atoms with Crippen LogP contribution in [0, 0.1) is 25.2 Å². The summed E-state index contributed by atoms with van der Waals surface area (Å²) in [6, 6.07) is 26.7. The number of halogens is 1. The maximum Gasteiger partial charge on any atom is 0.326 e. The number of carboxylic acids is 1. The number of pyridine rings is 1. The SMILES string of the molecule is Cc1c(COc2cc(OCc3cncc(C#N)c3)c(CN[C@@](C)(CO)C(=O)O)cc2Cl)cccc1-c1cccc(-c2ccc3c(c2)CCC3)c1C. The summed E-state index contributed by atoms with van der Waals surface area (Å²) in [4.78, 5) is 15.9. The maximum atomic E-state index is 11.8. The van der Waals surface area contributed by atoms with Crippen molar-refractivity contribution in [2.75, 3.05) is 6.61 Å². The van der Waals surface area contributed by atoms with E-state index in [0.717, 1.165) is 29.5 Å². The van der Waals surface area contributed by atoms with Gasteiger partial charge in [-0.3, -0.25) is 15.1 Å². The summed E-state index contributed by atoms with van der Waals surface area (Å²) >= 11 is 6.75. The summed E-state index contributed by atoms with van der Waals surface area (Å²) < 4.78 is 12.5. The first-order chi connectivity index (χ1) is 24.6. The minimum atomic E-state index is -1.58. The van der Waals surface area contributed by atoms with E-state index in [1.165, 1.54) is 52.9 Å². The van der Waals surface area contributed by atoms with Crippen molar-refractivity contribution < 1.29 is 24.5 Å². The Morgan fingerprint density at radius 3 is 2.39 bits per heavy atom. The minimum absolute atomic E-state index is 0.0419. The van der Waals surface area contributed by atoms with Gasteiger partial charge in [0.25, 0.3) is 0 Å². The minimum Gasteiger partial charge on any atom is -0.488 e. The fourth-order valence-electron chi connectivity index (χ4n) is 6.50. The molecule has 9 heteroatoms. The first-order valence-electron chi connectivity index (χ1n) is 16.9. The number of aliphatic hydroxyl groups is 1. The molecule has 8 nitrogen and oxygen atoms in total. The Morgan fingerprint density at radius 1 is 0.902 bits per heavy atom. The number of hydrogen-bond acceptors (Lipinski definition) is 7. The zero-order chi connectivity index (χ0) is 36.1. The fourth-order valence-corrected chi connectivity index (χ4v) is 6.74. The molecule has 4 aromatic carbocycles. The van der Waals surface area contributed by atoms with Crippen molar-refractivity contribution in [3.63, 3.8) is 0 Å². The van der Waals surface area contributed by atoms with E-state index in [1.807, 2.05) is 12.1 Å². The third-order valence-electron chi connectivity index (χ3n) is 9.75. The van der Waals surface area contributed by atoms with Crippen molar-refractivity contribution >= 4 is 17.6 Å². The highest BCUT2D eigenvalue weighted by molar-refractivity contribution is 6.32. The Bertz CT molecular complexity index is 2140. The van der Waals surface area contributed by atoms with Crippen LogP contribution in [-0.4, -0.2) is 33.3 Å². The van der Waals surface area contributed by atoms with E-state index < -0.39 is 18.1 Å². The molecule has 0 fully saturated rings. The zero-order valence-electron chi connectivity index (χ0n) is 28.9. The molecule has 0 saturated carbocycles. The molecule has 1 aromatic heterocycles. The molecule has 3 N–H and O–H groups in total. The van der Waals surface area contributed by atoms with E-state index in [0.29, 0.717) is 33.2 Å². The third-order valence-corrected chi connectivity index (χ3v) is 10.0. The highest BCUT2D eigenvalue weighted by Crippen LogP contribution is 2.38. The van der Waals surface area contributed by atoms with Crippen molar-refractivity contribution in [2.45, 2.75) is 65.3 Å². The lowest BCUT2D eigenvalue weighted by Crippen LogP contribution is -2.52. The molecule has 0 bridgehead atoms. The zero-order valence-corrected chi connectivity index (χ0v) is 29.7. The van der Waals surface area contributed by atoms with Gasteiger partial charge in [0.2, 0.25) is 0 Å². The van der Waals surface area contributed by atoms with Gasteiger partial charge in [-0.1, -0.05) is 66.2 Å². The van der Waals surface area contributed by atoms with Gasteiger partial charge in [0, 0.05) is 36.1 Å². The number of aliphatic hydroxyl groups excluding tert-OH is 1. The van der Waals surface area contributed by atoms with Gasteiger partial charge in [0.05, 0.1) is 17.2 Å². The Labute approximate surface area is 303 Å². The standard InChI is InChI=1S/C42H40ClN3O5/c1-26-33(9-5-11-36(26)37-12-6-10-35(27(37)2)32-14-13-30-7-4-8-31(30)16-32)24-51-40-18-39(50-23-29-15-28(19-44)20-45-21-29)34(17-38(40)43)22-46-42(3,25-47)41(48)49/h5-6,9-18,20-21,46-47H,4,7-8,22-25H2,1-3H3,(H,48,49)/t42-/m0/s1. The van der Waals surface area contributed by atoms with Crippen molar-refractivity contribution in [2.24, 2.45) is 0 Å². The first kappa shape index (κ1) is 35.6. The number of aryl methyl sites for hydroxylation is 2. The molecule has 260 valence electrons. The summed E-state index contributed by atoms with van der Waals surface area (Å²) in [5, 5.41) is 31.9. The van der Waals surface area contributed by atoms with Crippen molar-refractivity contribution in [1.82, 2.24) is 10.3 Å². The van der Waals surface area contributed by atoms with Crippen molar-refractivity contribution in [3.8, 4) is 39.8 Å². The summed E-state index contributed by atoms with van der Waals surface area (Å²) in [6.45, 7) is 5.45. The van der Waals surface area contributed by atoms with E-state index >= 15 is 0 Å². The quantitative estimate of drug-likeness (QED) is 0.112. The van der Waals surface area contributed by atoms with Crippen LogP contribution in [-0.2, 0) is 37.4 Å². The molecule has 1 aliphatic rings. The maximum absolute atomic E-state index is 11.8. The third kappa shape index (κ3) is 7.77. The molecular weight excluding hydrogens is 662 g/mol. The number of nitrogens with zero attached hydrogens (tertiary/aromatic N) is 2. The number of rotatable bonds is 13. The average Bonchev–Trinajstić information content (AvgIpc) is 3.62. The van der Waals surface area contributed by atoms with Gasteiger partial charge < -0.3 is 19.7 Å². The van der Waals surface area contributed by atoms with Gasteiger partial charge >= 0.3 is 5.97 Å². The summed E-state index contributed by atoms with van der Waals surface area (Å²) in [5.74, 6) is -0.401. The van der Waals surface area contributed by atoms with Gasteiger partial charge in [0.15, 0.2) is 0 Å². The topological polar surface area (TPSA) is 125 Å². The molecule has 0 radical (unpaired) electrons. The Hall–Kier alpha value is -5.20. The molecule has 6 rings (SSSR count). The van der Waals surface area contributed by atoms with Crippen LogP contribution in [0.4, 0.5) is 0 Å². The summed E-state index contributed by atoms with van der Waals surface area (Å²) in [5.41, 5.74) is 11.1. The highest BCUT2D eigenvalue weighted by atomic mass is 35.5. The smallest absolute Gasteiger partial charge is 0.326 e. The lowest BCUT2D eigenvalue weighted by atomic mass is 9.89. The first-order valence-corrected chi connectivity index (χ1v) is 17.3. The van der Waals surface area contributed by atoms with E-state index in [1.54, 1.807) is 24.4 Å². The van der Waals surface area contributed by atoms with Crippen LogP contribution < -0.4 is 14.8 Å². The molecule has 51 heavy (non-hydrogen) atoms. The number of ether oxygens (including phenoxy) is 2. The second-order valence-corrected chi connectivity index (χ2v) is 13.6. The Balaban J connectivity index is 1.26. The van der Waals surface area contributed by atoms with Crippen LogP contribution in [0.1, 0.15) is 57.9 Å². The predicted molar refractivity (Wildman–Crippen MR) is 198 cm³/mol. The van der Waals surface area contributed by atoms with Gasteiger partial charge in [0.1, 0.15) is 36.3 Å². The van der Waals surface area contributed by atoms with E-state index in [9.17, 15) is 20.3 Å². The Morgan fingerprint density at radius 2 is 1.63 bits per heavy atom. The van der Waals surface area contributed by atoms with Crippen molar-refractivity contribution in [3.05, 3.63) is 135 Å². The second kappa shape index (κ2) is 15.4. The van der Waals surface area contributed by atoms with Gasteiger partial charge in [-0.15, -0.1) is 0 Å². The van der Waals surface area contributed by atoms with Gasteiger partial charge in [-0.05, 0) is 102 Å². The number of aromatic nitrogens is 1. The number of carbonyl (C=O) groups is 1. The molecule has 1 atom stereocenters. The number of nitriles is 1. The van der Waals surface area contributed by atoms with Crippen LogP contribution in [0.15, 0.2) is 85.2 Å². The summed E-state index contributed by atoms with van der Waals surface area (Å²) in [7, 11) is 0. The van der Waals surface area contributed by atoms with Crippen LogP contribution in [0.25, 0.3) is 22.3 Å². The number of hydrogen-bond donors (Lipinski definition) is 3. The lowest BCUT2D eigenvalue weighted by Gasteiger charge is -2.25. The summed E-state index contributed by atoms with van der Waals surface area (Å²) in [6.07, 6.45) is 6.60. The number of nitrogens with one attached hydrogen (secondary N) is 1. The monoisotopic (exact) mass is 701 g/mol. The number of aliphatic carboxylic acids is 1. The highest BCUT2D eigenvalue weighted by Gasteiger charge is 2.32. The van der Waals surface area contributed by atoms with E-state index in [4.69, 9.17) is 21.1 Å². The molecule has 0 aliphatic heterocycles. The van der Waals surface area contributed by atoms with Gasteiger partial charge in [-0.25, -0.2) is 0 Å². The van der Waals surface area contributed by atoms with Crippen LogP contribution in [0.5, 0.6) is 11.5 Å². The molecule has 0 unspecified atom stereocenters. The second-order valence-electron chi connectivity index (χ2n) is 13.2. The van der Waals surface area contributed by atoms with Crippen LogP contribution >= 0.6 is 11.6 Å². The predicted octanol–water partition coefficient (Wildman–Crippen LogP) is 8.13. The number of fused-ring (bicyclic) bond motifs is 1. The molecule has 0 amide bonds. The average molecular weight is 702 g/mol. The molecule has 1 aliphatic carbocycles. The molecule has 1 heterocycles. The fraction of sp³-hybridized carbons (Fsp3) is 0.262. The van der Waals surface area contributed by atoms with Crippen molar-refractivity contribution in [1.29, 1.82) is 5.26 Å². The van der Waals surface area contributed by atoms with E-state index in [2.05, 4.69) is 72.7 Å². The number of benzene rings is 4. The normalized spacial score (nSPS) is 13.3. The Kier molecular flexibility index (Phi) is 10.7. The number of carboxylic acid groups (broad SMARTS) is 1. The van der Waals surface area contributed by atoms with Crippen LogP contribution in [0.2, 0.25) is 5.02 Å². The van der Waals surface area contributed by atoms with E-state index in [-0.39, 0.29) is 19.8 Å². The molecule has 0 spiro atoms. The van der Waals surface area contributed by atoms with Gasteiger partial charge in [-0.2, -0.15) is 5.26 Å². The lowest BCUT2D eigenvalue weighted by molar-refractivity contribution is -0.145. The van der Waals surface area contributed by atoms with Crippen LogP contribution in [0.3, 0.4) is 0 Å². The molecule has 5 aromatic rings. The molecular formula is C42H40ClN3O5.